The number of hydrogen-bond acceptors (Lipinski definition) is 2. The average molecular weight is 278 g/mol. The summed E-state index contributed by atoms with van der Waals surface area (Å²) in [6.07, 6.45) is 1.69. The lowest BCUT2D eigenvalue weighted by Gasteiger charge is -2.09. The molecule has 0 bridgehead atoms. The van der Waals surface area contributed by atoms with E-state index >= 15 is 0 Å². The van der Waals surface area contributed by atoms with E-state index in [4.69, 9.17) is 9.97 Å². The molecule has 21 heavy (non-hydrogen) atoms. The number of fused-ring (bicyclic) bond motifs is 1. The van der Waals surface area contributed by atoms with Crippen LogP contribution in [0.1, 0.15) is 29.6 Å². The van der Waals surface area contributed by atoms with E-state index in [0.717, 1.165) is 41.2 Å². The van der Waals surface area contributed by atoms with Crippen molar-refractivity contribution in [3.05, 3.63) is 59.9 Å². The summed E-state index contributed by atoms with van der Waals surface area (Å²) in [6, 6.07) is 10.6. The van der Waals surface area contributed by atoms with Crippen LogP contribution in [0.25, 0.3) is 16.9 Å². The molecule has 0 unspecified atom stereocenters. The van der Waals surface area contributed by atoms with Gasteiger partial charge in [0, 0.05) is 17.8 Å². The smallest absolute Gasteiger partial charge is 0.165 e. The van der Waals surface area contributed by atoms with E-state index in [1.807, 2.05) is 6.92 Å². The molecule has 3 heteroatoms. The summed E-state index contributed by atoms with van der Waals surface area (Å²) in [5.41, 5.74) is 6.51. The molecular weight excluding hydrogens is 258 g/mol. The number of aromatic nitrogens is 3. The first kappa shape index (κ1) is 13.8. The molecule has 1 aromatic carbocycles. The van der Waals surface area contributed by atoms with E-state index in [1.54, 1.807) is 0 Å². The Morgan fingerprint density at radius 3 is 2.43 bits per heavy atom. The Morgan fingerprint density at radius 2 is 1.81 bits per heavy atom. The molecule has 0 N–H and O–H groups in total. The zero-order valence-electron chi connectivity index (χ0n) is 12.8. The minimum Gasteiger partial charge on any atom is -0.281 e. The third-order valence-electron chi connectivity index (χ3n) is 3.80. The maximum atomic E-state index is 4.78. The molecule has 107 valence electrons. The van der Waals surface area contributed by atoms with Crippen LogP contribution in [0.15, 0.2) is 30.3 Å². The van der Waals surface area contributed by atoms with Gasteiger partial charge in [-0.1, -0.05) is 19.1 Å². The fourth-order valence-corrected chi connectivity index (χ4v) is 2.73. The Labute approximate surface area is 125 Å². The quantitative estimate of drug-likeness (QED) is 0.725. The van der Waals surface area contributed by atoms with E-state index in [0.29, 0.717) is 0 Å². The van der Waals surface area contributed by atoms with Gasteiger partial charge < -0.3 is 0 Å². The molecule has 3 rings (SSSR count). The third-order valence-corrected chi connectivity index (χ3v) is 3.80. The van der Waals surface area contributed by atoms with E-state index < -0.39 is 0 Å². The van der Waals surface area contributed by atoms with Crippen molar-refractivity contribution in [3.63, 3.8) is 0 Å². The topological polar surface area (TPSA) is 30.7 Å². The molecule has 2 heterocycles. The predicted octanol–water partition coefficient (Wildman–Crippen LogP) is 3.98. The molecule has 3 nitrogen and oxygen atoms in total. The summed E-state index contributed by atoms with van der Waals surface area (Å²) in [7, 11) is 0. The predicted molar refractivity (Wildman–Crippen MR) is 86.8 cm³/mol. The lowest BCUT2D eigenvalue weighted by molar-refractivity contribution is 0.899. The average Bonchev–Trinajstić information content (AvgIpc) is 2.86. The van der Waals surface area contributed by atoms with Crippen molar-refractivity contribution >= 4 is 11.2 Å². The van der Waals surface area contributed by atoms with Crippen molar-refractivity contribution in [2.75, 3.05) is 0 Å². The van der Waals surface area contributed by atoms with Crippen LogP contribution in [-0.4, -0.2) is 14.5 Å². The van der Waals surface area contributed by atoms with E-state index in [-0.39, 0.29) is 0 Å². The summed E-state index contributed by atoms with van der Waals surface area (Å²) < 4.78 is 2.17. The Balaban J connectivity index is 2.28. The van der Waals surface area contributed by atoms with Crippen molar-refractivity contribution in [2.45, 2.75) is 33.6 Å². The maximum Gasteiger partial charge on any atom is 0.165 e. The lowest BCUT2D eigenvalue weighted by Crippen LogP contribution is -2.01. The van der Waals surface area contributed by atoms with Crippen molar-refractivity contribution in [3.8, 4) is 5.69 Å². The number of rotatable bonds is 3. The van der Waals surface area contributed by atoms with Crippen LogP contribution in [0.5, 0.6) is 0 Å². The highest BCUT2D eigenvalue weighted by Crippen LogP contribution is 2.24. The van der Waals surface area contributed by atoms with Crippen LogP contribution in [0.2, 0.25) is 0 Å². The minimum atomic E-state index is 0.808. The molecule has 0 saturated carbocycles. The first-order valence-corrected chi connectivity index (χ1v) is 7.38. The standard InChI is InChI=1S/C18H20N3/c1-5-14-7-9-15(10-8-14)21-16(6-2)20-17-12(3)11-13(4)19-18(17)21/h7-11H,1,5-6H2,2-4H3. The Bertz CT molecular complexity index is 782. The Kier molecular flexibility index (Phi) is 3.50. The van der Waals surface area contributed by atoms with E-state index in [2.05, 4.69) is 55.7 Å². The summed E-state index contributed by atoms with van der Waals surface area (Å²) in [5, 5.41) is 0. The van der Waals surface area contributed by atoms with Gasteiger partial charge in [0.1, 0.15) is 11.3 Å². The second-order valence-electron chi connectivity index (χ2n) is 5.39. The molecule has 0 spiro atoms. The van der Waals surface area contributed by atoms with Crippen LogP contribution in [0.3, 0.4) is 0 Å². The summed E-state index contributed by atoms with van der Waals surface area (Å²) in [5.74, 6) is 1.05. The van der Waals surface area contributed by atoms with Crippen LogP contribution in [0.4, 0.5) is 0 Å². The zero-order valence-corrected chi connectivity index (χ0v) is 12.8. The van der Waals surface area contributed by atoms with Gasteiger partial charge in [0.25, 0.3) is 0 Å². The molecule has 3 aromatic rings. The third kappa shape index (κ3) is 2.33. The van der Waals surface area contributed by atoms with Gasteiger partial charge in [0.15, 0.2) is 5.65 Å². The molecular formula is C18H20N3. The van der Waals surface area contributed by atoms with Crippen LogP contribution >= 0.6 is 0 Å². The lowest BCUT2D eigenvalue weighted by atomic mass is 10.1. The summed E-state index contributed by atoms with van der Waals surface area (Å²) in [4.78, 5) is 9.49. The molecule has 0 aliphatic carbocycles. The minimum absolute atomic E-state index is 0.808. The van der Waals surface area contributed by atoms with Gasteiger partial charge in [-0.3, -0.25) is 4.57 Å². The normalized spacial score (nSPS) is 11.2. The highest BCUT2D eigenvalue weighted by molar-refractivity contribution is 5.78. The van der Waals surface area contributed by atoms with Crippen molar-refractivity contribution in [1.29, 1.82) is 0 Å². The number of nitrogens with zero attached hydrogens (tertiary/aromatic N) is 3. The highest BCUT2D eigenvalue weighted by Gasteiger charge is 2.14. The molecule has 0 aliphatic rings. The first-order chi connectivity index (χ1) is 10.1. The van der Waals surface area contributed by atoms with Crippen LogP contribution in [-0.2, 0) is 12.8 Å². The summed E-state index contributed by atoms with van der Waals surface area (Å²) in [6.45, 7) is 10.2. The number of imidazole rings is 1. The van der Waals surface area contributed by atoms with Crippen molar-refractivity contribution in [1.82, 2.24) is 14.5 Å². The van der Waals surface area contributed by atoms with Gasteiger partial charge in [-0.25, -0.2) is 9.97 Å². The molecule has 0 saturated heterocycles. The largest absolute Gasteiger partial charge is 0.281 e. The molecule has 1 radical (unpaired) electrons. The fraction of sp³-hybridized carbons (Fsp3) is 0.278. The molecule has 2 aromatic heterocycles. The van der Waals surface area contributed by atoms with Gasteiger partial charge >= 0.3 is 0 Å². The molecule has 0 fully saturated rings. The van der Waals surface area contributed by atoms with Gasteiger partial charge in [-0.15, -0.1) is 0 Å². The van der Waals surface area contributed by atoms with Gasteiger partial charge in [-0.2, -0.15) is 0 Å². The Morgan fingerprint density at radius 1 is 1.10 bits per heavy atom. The van der Waals surface area contributed by atoms with Crippen LogP contribution < -0.4 is 0 Å². The van der Waals surface area contributed by atoms with Gasteiger partial charge in [0.2, 0.25) is 0 Å². The van der Waals surface area contributed by atoms with E-state index in [1.165, 1.54) is 11.1 Å². The number of pyridine rings is 1. The highest BCUT2D eigenvalue weighted by atomic mass is 15.1. The summed E-state index contributed by atoms with van der Waals surface area (Å²) >= 11 is 0. The van der Waals surface area contributed by atoms with Crippen molar-refractivity contribution in [2.24, 2.45) is 0 Å². The number of hydrogen-bond donors (Lipinski definition) is 0. The molecule has 0 amide bonds. The fourth-order valence-electron chi connectivity index (χ4n) is 2.73. The van der Waals surface area contributed by atoms with Gasteiger partial charge in [0.05, 0.1) is 0 Å². The maximum absolute atomic E-state index is 4.78. The van der Waals surface area contributed by atoms with Crippen molar-refractivity contribution < 1.29 is 0 Å². The zero-order chi connectivity index (χ0) is 15.0. The van der Waals surface area contributed by atoms with E-state index in [9.17, 15) is 0 Å². The second kappa shape index (κ2) is 5.32. The Hall–Kier alpha value is -2.16. The SMILES string of the molecule is [CH2]Cc1ccc(-n2c(CC)nc3c(C)cc(C)nc32)cc1. The van der Waals surface area contributed by atoms with Crippen LogP contribution in [0, 0.1) is 20.8 Å². The second-order valence-corrected chi connectivity index (χ2v) is 5.39. The molecule has 0 atom stereocenters. The molecule has 0 aliphatic heterocycles. The monoisotopic (exact) mass is 278 g/mol. The number of benzene rings is 1. The number of aryl methyl sites for hydroxylation is 3. The first-order valence-electron chi connectivity index (χ1n) is 7.38. The van der Waals surface area contributed by atoms with Gasteiger partial charge in [-0.05, 0) is 56.5 Å².